The van der Waals surface area contributed by atoms with E-state index in [1.165, 1.54) is 21.9 Å². The SMILES string of the molecule is CCOc1ccc(NC(=O)c2cnc3scc(-c4ccccc4)n3c2=O)cc1. The number of benzene rings is 2. The highest BCUT2D eigenvalue weighted by atomic mass is 32.1. The summed E-state index contributed by atoms with van der Waals surface area (Å²) in [4.78, 5) is 30.5. The van der Waals surface area contributed by atoms with Gasteiger partial charge in [0, 0.05) is 17.3 Å². The summed E-state index contributed by atoms with van der Waals surface area (Å²) in [6, 6.07) is 16.5. The number of carbonyl (C=O) groups is 1. The van der Waals surface area contributed by atoms with Crippen molar-refractivity contribution in [3.05, 3.63) is 82.1 Å². The van der Waals surface area contributed by atoms with E-state index in [0.29, 0.717) is 22.9 Å². The third kappa shape index (κ3) is 3.39. The number of fused-ring (bicyclic) bond motifs is 1. The molecule has 28 heavy (non-hydrogen) atoms. The second-order valence-electron chi connectivity index (χ2n) is 5.99. The summed E-state index contributed by atoms with van der Waals surface area (Å²) >= 11 is 1.36. The number of rotatable bonds is 5. The highest BCUT2D eigenvalue weighted by molar-refractivity contribution is 7.15. The molecule has 0 aliphatic heterocycles. The van der Waals surface area contributed by atoms with Gasteiger partial charge in [0.25, 0.3) is 11.5 Å². The number of nitrogens with one attached hydrogen (secondary N) is 1. The van der Waals surface area contributed by atoms with E-state index < -0.39 is 11.5 Å². The fraction of sp³-hybridized carbons (Fsp3) is 0.0952. The first-order chi connectivity index (χ1) is 13.7. The summed E-state index contributed by atoms with van der Waals surface area (Å²) in [5, 5.41) is 4.61. The van der Waals surface area contributed by atoms with Gasteiger partial charge >= 0.3 is 0 Å². The second kappa shape index (κ2) is 7.66. The van der Waals surface area contributed by atoms with E-state index in [4.69, 9.17) is 4.74 Å². The van der Waals surface area contributed by atoms with Crippen molar-refractivity contribution in [3.63, 3.8) is 0 Å². The quantitative estimate of drug-likeness (QED) is 0.557. The van der Waals surface area contributed by atoms with Crippen molar-refractivity contribution in [2.75, 3.05) is 11.9 Å². The van der Waals surface area contributed by atoms with Crippen LogP contribution in [0.3, 0.4) is 0 Å². The van der Waals surface area contributed by atoms with Gasteiger partial charge in [0.15, 0.2) is 4.96 Å². The van der Waals surface area contributed by atoms with E-state index in [2.05, 4.69) is 10.3 Å². The molecule has 0 fully saturated rings. The van der Waals surface area contributed by atoms with E-state index in [-0.39, 0.29) is 5.56 Å². The predicted octanol–water partition coefficient (Wildman–Crippen LogP) is 4.07. The first-order valence-corrected chi connectivity index (χ1v) is 9.64. The minimum Gasteiger partial charge on any atom is -0.494 e. The fourth-order valence-electron chi connectivity index (χ4n) is 2.86. The average Bonchev–Trinajstić information content (AvgIpc) is 3.16. The number of thiazole rings is 1. The highest BCUT2D eigenvalue weighted by Gasteiger charge is 2.17. The van der Waals surface area contributed by atoms with Crippen molar-refractivity contribution in [1.29, 1.82) is 0 Å². The zero-order valence-corrected chi connectivity index (χ0v) is 15.9. The number of ether oxygens (including phenoxy) is 1. The van der Waals surface area contributed by atoms with Crippen LogP contribution >= 0.6 is 11.3 Å². The highest BCUT2D eigenvalue weighted by Crippen LogP contribution is 2.23. The Labute approximate surface area is 165 Å². The van der Waals surface area contributed by atoms with Crippen LogP contribution in [0.25, 0.3) is 16.2 Å². The maximum Gasteiger partial charge on any atom is 0.271 e. The van der Waals surface area contributed by atoms with Gasteiger partial charge in [-0.25, -0.2) is 4.98 Å². The van der Waals surface area contributed by atoms with Crippen LogP contribution in [0.2, 0.25) is 0 Å². The summed E-state index contributed by atoms with van der Waals surface area (Å²) in [6.07, 6.45) is 1.33. The summed E-state index contributed by atoms with van der Waals surface area (Å²) in [7, 11) is 0. The number of hydrogen-bond donors (Lipinski definition) is 1. The van der Waals surface area contributed by atoms with Gasteiger partial charge < -0.3 is 10.1 Å². The molecule has 4 aromatic rings. The number of aromatic nitrogens is 2. The zero-order chi connectivity index (χ0) is 19.5. The van der Waals surface area contributed by atoms with Crippen molar-refractivity contribution >= 4 is 27.9 Å². The Morgan fingerprint density at radius 3 is 2.61 bits per heavy atom. The molecule has 2 aromatic heterocycles. The van der Waals surface area contributed by atoms with Gasteiger partial charge in [-0.05, 0) is 36.8 Å². The Morgan fingerprint density at radius 1 is 1.14 bits per heavy atom. The van der Waals surface area contributed by atoms with Crippen LogP contribution in [0.15, 0.2) is 71.0 Å². The number of amides is 1. The molecule has 2 heterocycles. The van der Waals surface area contributed by atoms with Gasteiger partial charge in [-0.1, -0.05) is 30.3 Å². The molecule has 0 aliphatic rings. The molecule has 0 atom stereocenters. The minimum absolute atomic E-state index is 0.0121. The predicted molar refractivity (Wildman–Crippen MR) is 110 cm³/mol. The molecule has 0 saturated heterocycles. The molecule has 0 aliphatic carbocycles. The molecular formula is C21H17N3O3S. The lowest BCUT2D eigenvalue weighted by Gasteiger charge is -2.07. The van der Waals surface area contributed by atoms with E-state index in [0.717, 1.165) is 11.3 Å². The minimum atomic E-state index is -0.499. The molecule has 2 aromatic carbocycles. The number of nitrogens with zero attached hydrogens (tertiary/aromatic N) is 2. The fourth-order valence-corrected chi connectivity index (χ4v) is 3.72. The maximum absolute atomic E-state index is 13.0. The van der Waals surface area contributed by atoms with Crippen LogP contribution < -0.4 is 15.6 Å². The smallest absolute Gasteiger partial charge is 0.271 e. The molecule has 0 unspecified atom stereocenters. The Kier molecular flexibility index (Phi) is 4.90. The van der Waals surface area contributed by atoms with E-state index in [1.54, 1.807) is 24.3 Å². The second-order valence-corrected chi connectivity index (χ2v) is 6.83. The molecule has 1 amide bonds. The van der Waals surface area contributed by atoms with Crippen molar-refractivity contribution in [3.8, 4) is 17.0 Å². The van der Waals surface area contributed by atoms with Crippen LogP contribution in [0.5, 0.6) is 5.75 Å². The molecule has 4 rings (SSSR count). The van der Waals surface area contributed by atoms with Gasteiger partial charge in [-0.15, -0.1) is 11.3 Å². The normalized spacial score (nSPS) is 10.8. The van der Waals surface area contributed by atoms with E-state index in [9.17, 15) is 9.59 Å². The largest absolute Gasteiger partial charge is 0.494 e. The number of hydrogen-bond acceptors (Lipinski definition) is 5. The Hall–Kier alpha value is -3.45. The summed E-state index contributed by atoms with van der Waals surface area (Å²) in [5.74, 6) is 0.218. The van der Waals surface area contributed by atoms with Crippen molar-refractivity contribution < 1.29 is 9.53 Å². The first-order valence-electron chi connectivity index (χ1n) is 8.76. The molecule has 6 nitrogen and oxygen atoms in total. The summed E-state index contributed by atoms with van der Waals surface area (Å²) in [6.45, 7) is 2.47. The monoisotopic (exact) mass is 391 g/mol. The lowest BCUT2D eigenvalue weighted by molar-refractivity contribution is 0.102. The first kappa shape index (κ1) is 17.9. The lowest BCUT2D eigenvalue weighted by Crippen LogP contribution is -2.26. The topological polar surface area (TPSA) is 72.7 Å². The molecule has 0 saturated carbocycles. The Morgan fingerprint density at radius 2 is 1.89 bits per heavy atom. The molecule has 140 valence electrons. The third-order valence-electron chi connectivity index (χ3n) is 4.18. The molecule has 0 radical (unpaired) electrons. The summed E-state index contributed by atoms with van der Waals surface area (Å²) < 4.78 is 6.87. The molecule has 1 N–H and O–H groups in total. The summed E-state index contributed by atoms with van der Waals surface area (Å²) in [5.41, 5.74) is 1.78. The van der Waals surface area contributed by atoms with Crippen molar-refractivity contribution in [2.45, 2.75) is 6.92 Å². The standard InChI is InChI=1S/C21H17N3O3S/c1-2-27-16-10-8-15(9-11-16)23-19(25)17-12-22-21-24(20(17)26)18(13-28-21)14-6-4-3-5-7-14/h3-13H,2H2,1H3,(H,23,25). The Bertz CT molecular complexity index is 1180. The third-order valence-corrected chi connectivity index (χ3v) is 5.02. The van der Waals surface area contributed by atoms with Crippen LogP contribution in [0.4, 0.5) is 5.69 Å². The van der Waals surface area contributed by atoms with Crippen LogP contribution in [-0.4, -0.2) is 21.9 Å². The molecule has 7 heteroatoms. The molecule has 0 spiro atoms. The Balaban J connectivity index is 1.68. The van der Waals surface area contributed by atoms with Crippen molar-refractivity contribution in [1.82, 2.24) is 9.38 Å². The number of carbonyl (C=O) groups excluding carboxylic acids is 1. The van der Waals surface area contributed by atoms with Crippen LogP contribution in [0.1, 0.15) is 17.3 Å². The molecule has 0 bridgehead atoms. The average molecular weight is 391 g/mol. The lowest BCUT2D eigenvalue weighted by atomic mass is 10.2. The van der Waals surface area contributed by atoms with Gasteiger partial charge in [-0.2, -0.15) is 0 Å². The van der Waals surface area contributed by atoms with Crippen LogP contribution in [-0.2, 0) is 0 Å². The number of anilines is 1. The van der Waals surface area contributed by atoms with E-state index in [1.807, 2.05) is 42.6 Å². The van der Waals surface area contributed by atoms with Gasteiger partial charge in [0.1, 0.15) is 11.3 Å². The van der Waals surface area contributed by atoms with Gasteiger partial charge in [-0.3, -0.25) is 14.0 Å². The maximum atomic E-state index is 13.0. The van der Waals surface area contributed by atoms with Gasteiger partial charge in [0.05, 0.1) is 12.3 Å². The van der Waals surface area contributed by atoms with Gasteiger partial charge in [0.2, 0.25) is 0 Å². The molecular weight excluding hydrogens is 374 g/mol. The zero-order valence-electron chi connectivity index (χ0n) is 15.1. The van der Waals surface area contributed by atoms with Crippen LogP contribution in [0, 0.1) is 0 Å². The van der Waals surface area contributed by atoms with E-state index >= 15 is 0 Å². The van der Waals surface area contributed by atoms with Crippen molar-refractivity contribution in [2.24, 2.45) is 0 Å².